The molecule has 88 valence electrons. The topological polar surface area (TPSA) is 32.3 Å². The fraction of sp³-hybridized carbons (Fsp3) is 0.500. The Balaban J connectivity index is 2.16. The highest BCUT2D eigenvalue weighted by Gasteiger charge is 2.30. The molecule has 1 aromatic rings. The Morgan fingerprint density at radius 1 is 1.25 bits per heavy atom. The van der Waals surface area contributed by atoms with Gasteiger partial charge in [0.1, 0.15) is 0 Å². The predicted molar refractivity (Wildman–Crippen MR) is 67.2 cm³/mol. The van der Waals surface area contributed by atoms with Crippen LogP contribution in [0.3, 0.4) is 0 Å². The lowest BCUT2D eigenvalue weighted by atomic mass is 9.86. The number of piperidine rings is 1. The van der Waals surface area contributed by atoms with Crippen LogP contribution in [-0.2, 0) is 6.42 Å². The molecular formula is C12H15Cl2NO. The van der Waals surface area contributed by atoms with Crippen LogP contribution in [0.4, 0.5) is 0 Å². The van der Waals surface area contributed by atoms with Crippen molar-refractivity contribution in [1.29, 1.82) is 0 Å². The average Bonchev–Trinajstić information content (AvgIpc) is 2.26. The van der Waals surface area contributed by atoms with E-state index < -0.39 is 5.60 Å². The summed E-state index contributed by atoms with van der Waals surface area (Å²) in [6, 6.07) is 5.56. The molecule has 1 aromatic carbocycles. The van der Waals surface area contributed by atoms with E-state index in [-0.39, 0.29) is 0 Å². The summed E-state index contributed by atoms with van der Waals surface area (Å²) in [5.74, 6) is 0. The van der Waals surface area contributed by atoms with Gasteiger partial charge < -0.3 is 10.4 Å². The SMILES string of the molecule is OC1(Cc2cccc(Cl)c2Cl)CCNCC1. The smallest absolute Gasteiger partial charge is 0.0712 e. The van der Waals surface area contributed by atoms with Gasteiger partial charge in [0.2, 0.25) is 0 Å². The summed E-state index contributed by atoms with van der Waals surface area (Å²) in [4.78, 5) is 0. The van der Waals surface area contributed by atoms with Crippen LogP contribution in [0.1, 0.15) is 18.4 Å². The molecule has 2 nitrogen and oxygen atoms in total. The summed E-state index contributed by atoms with van der Waals surface area (Å²) in [7, 11) is 0. The summed E-state index contributed by atoms with van der Waals surface area (Å²) < 4.78 is 0. The number of halogens is 2. The first-order valence-electron chi connectivity index (χ1n) is 5.47. The van der Waals surface area contributed by atoms with Crippen LogP contribution in [0, 0.1) is 0 Å². The fourth-order valence-corrected chi connectivity index (χ4v) is 2.50. The van der Waals surface area contributed by atoms with E-state index >= 15 is 0 Å². The lowest BCUT2D eigenvalue weighted by Gasteiger charge is -2.33. The molecule has 0 radical (unpaired) electrons. The maximum atomic E-state index is 10.4. The van der Waals surface area contributed by atoms with Gasteiger partial charge in [-0.05, 0) is 37.6 Å². The van der Waals surface area contributed by atoms with Crippen LogP contribution in [-0.4, -0.2) is 23.8 Å². The van der Waals surface area contributed by atoms with Crippen LogP contribution >= 0.6 is 23.2 Å². The fourth-order valence-electron chi connectivity index (χ4n) is 2.11. The second kappa shape index (κ2) is 4.92. The highest BCUT2D eigenvalue weighted by atomic mass is 35.5. The Morgan fingerprint density at radius 3 is 2.62 bits per heavy atom. The third-order valence-corrected chi connectivity index (χ3v) is 3.94. The molecule has 0 aliphatic carbocycles. The molecule has 16 heavy (non-hydrogen) atoms. The van der Waals surface area contributed by atoms with Gasteiger partial charge in [-0.2, -0.15) is 0 Å². The quantitative estimate of drug-likeness (QED) is 0.856. The van der Waals surface area contributed by atoms with Crippen LogP contribution in [0.25, 0.3) is 0 Å². The van der Waals surface area contributed by atoms with Crippen molar-refractivity contribution in [3.63, 3.8) is 0 Å². The Hall–Kier alpha value is -0.280. The molecule has 1 aliphatic rings. The minimum Gasteiger partial charge on any atom is -0.389 e. The first-order chi connectivity index (χ1) is 7.61. The highest BCUT2D eigenvalue weighted by molar-refractivity contribution is 6.42. The summed E-state index contributed by atoms with van der Waals surface area (Å²) in [5.41, 5.74) is 0.290. The third kappa shape index (κ3) is 2.69. The van der Waals surface area contributed by atoms with Crippen molar-refractivity contribution in [1.82, 2.24) is 5.32 Å². The molecule has 1 aliphatic heterocycles. The molecular weight excluding hydrogens is 245 g/mol. The molecule has 0 spiro atoms. The van der Waals surface area contributed by atoms with E-state index in [1.54, 1.807) is 6.07 Å². The molecule has 0 aromatic heterocycles. The number of hydrogen-bond donors (Lipinski definition) is 2. The summed E-state index contributed by atoms with van der Waals surface area (Å²) in [6.07, 6.45) is 2.10. The molecule has 0 atom stereocenters. The van der Waals surface area contributed by atoms with Crippen molar-refractivity contribution in [2.45, 2.75) is 24.9 Å². The zero-order valence-electron chi connectivity index (χ0n) is 8.97. The van der Waals surface area contributed by atoms with E-state index in [2.05, 4.69) is 5.32 Å². The van der Waals surface area contributed by atoms with Crippen LogP contribution in [0.2, 0.25) is 10.0 Å². The van der Waals surface area contributed by atoms with Crippen molar-refractivity contribution >= 4 is 23.2 Å². The zero-order valence-corrected chi connectivity index (χ0v) is 10.5. The molecule has 2 N–H and O–H groups in total. The molecule has 1 saturated heterocycles. The molecule has 1 heterocycles. The highest BCUT2D eigenvalue weighted by Crippen LogP contribution is 2.31. The largest absolute Gasteiger partial charge is 0.389 e. The van der Waals surface area contributed by atoms with Gasteiger partial charge in [0, 0.05) is 6.42 Å². The van der Waals surface area contributed by atoms with Gasteiger partial charge >= 0.3 is 0 Å². The third-order valence-electron chi connectivity index (χ3n) is 3.09. The van der Waals surface area contributed by atoms with Crippen molar-refractivity contribution in [3.05, 3.63) is 33.8 Å². The number of nitrogens with one attached hydrogen (secondary N) is 1. The Labute approximate surface area is 106 Å². The lowest BCUT2D eigenvalue weighted by Crippen LogP contribution is -2.43. The van der Waals surface area contributed by atoms with Crippen LogP contribution in [0.15, 0.2) is 18.2 Å². The number of hydrogen-bond acceptors (Lipinski definition) is 2. The second-order valence-electron chi connectivity index (χ2n) is 4.36. The van der Waals surface area contributed by atoms with Gasteiger partial charge in [0.05, 0.1) is 15.6 Å². The second-order valence-corrected chi connectivity index (χ2v) is 5.15. The van der Waals surface area contributed by atoms with Gasteiger partial charge in [-0.1, -0.05) is 35.3 Å². The molecule has 1 fully saturated rings. The van der Waals surface area contributed by atoms with Gasteiger partial charge in [-0.25, -0.2) is 0 Å². The number of aliphatic hydroxyl groups is 1. The van der Waals surface area contributed by atoms with E-state index in [0.717, 1.165) is 31.5 Å². The molecule has 2 rings (SSSR count). The minimum absolute atomic E-state index is 0.553. The normalized spacial score (nSPS) is 19.7. The molecule has 0 amide bonds. The maximum Gasteiger partial charge on any atom is 0.0712 e. The molecule has 0 bridgehead atoms. The van der Waals surface area contributed by atoms with Crippen LogP contribution in [0.5, 0.6) is 0 Å². The van der Waals surface area contributed by atoms with Gasteiger partial charge in [0.25, 0.3) is 0 Å². The molecule has 0 saturated carbocycles. The summed E-state index contributed by atoms with van der Waals surface area (Å²) in [5, 5.41) is 14.7. The number of rotatable bonds is 2. The Bertz CT molecular complexity index is 375. The van der Waals surface area contributed by atoms with Crippen molar-refractivity contribution in [2.24, 2.45) is 0 Å². The minimum atomic E-state index is -0.639. The van der Waals surface area contributed by atoms with Gasteiger partial charge in [-0.15, -0.1) is 0 Å². The van der Waals surface area contributed by atoms with E-state index in [1.165, 1.54) is 0 Å². The number of benzene rings is 1. The van der Waals surface area contributed by atoms with Gasteiger partial charge in [-0.3, -0.25) is 0 Å². The van der Waals surface area contributed by atoms with E-state index in [4.69, 9.17) is 23.2 Å². The molecule has 0 unspecified atom stereocenters. The maximum absolute atomic E-state index is 10.4. The Kier molecular flexibility index (Phi) is 3.75. The van der Waals surface area contributed by atoms with E-state index in [9.17, 15) is 5.11 Å². The van der Waals surface area contributed by atoms with Crippen molar-refractivity contribution in [2.75, 3.05) is 13.1 Å². The van der Waals surface area contributed by atoms with E-state index in [1.807, 2.05) is 12.1 Å². The standard InChI is InChI=1S/C12H15Cl2NO/c13-10-3-1-2-9(11(10)14)8-12(16)4-6-15-7-5-12/h1-3,15-16H,4-8H2. The zero-order chi connectivity index (χ0) is 11.6. The summed E-state index contributed by atoms with van der Waals surface area (Å²) in [6.45, 7) is 1.71. The van der Waals surface area contributed by atoms with E-state index in [0.29, 0.717) is 16.5 Å². The van der Waals surface area contributed by atoms with Crippen molar-refractivity contribution in [3.8, 4) is 0 Å². The predicted octanol–water partition coefficient (Wildman–Crippen LogP) is 2.65. The van der Waals surface area contributed by atoms with Crippen LogP contribution < -0.4 is 5.32 Å². The van der Waals surface area contributed by atoms with Crippen molar-refractivity contribution < 1.29 is 5.11 Å². The monoisotopic (exact) mass is 259 g/mol. The lowest BCUT2D eigenvalue weighted by molar-refractivity contribution is 0.0109. The Morgan fingerprint density at radius 2 is 1.94 bits per heavy atom. The first-order valence-corrected chi connectivity index (χ1v) is 6.22. The first kappa shape index (κ1) is 12.2. The molecule has 4 heteroatoms. The average molecular weight is 260 g/mol. The van der Waals surface area contributed by atoms with Gasteiger partial charge in [0.15, 0.2) is 0 Å². The summed E-state index contributed by atoms with van der Waals surface area (Å²) >= 11 is 12.1.